The predicted octanol–water partition coefficient (Wildman–Crippen LogP) is 2.11. The number of halogens is 3. The Hall–Kier alpha value is -1.60. The van der Waals surface area contributed by atoms with Gasteiger partial charge in [-0.2, -0.15) is 13.2 Å². The molecule has 0 unspecified atom stereocenters. The molecule has 2 atom stereocenters. The van der Waals surface area contributed by atoms with Crippen LogP contribution in [0.5, 0.6) is 0 Å². The van der Waals surface area contributed by atoms with Crippen molar-refractivity contribution in [1.29, 1.82) is 0 Å². The van der Waals surface area contributed by atoms with Crippen molar-refractivity contribution in [3.8, 4) is 0 Å². The maximum absolute atomic E-state index is 12.4. The molecular weight excluding hydrogens is 263 g/mol. The van der Waals surface area contributed by atoms with Crippen LogP contribution in [-0.4, -0.2) is 25.8 Å². The van der Waals surface area contributed by atoms with E-state index < -0.39 is 23.9 Å². The number of hydrogen-bond acceptors (Lipinski definition) is 3. The molecule has 1 aliphatic rings. The van der Waals surface area contributed by atoms with E-state index in [-0.39, 0.29) is 17.8 Å². The molecule has 0 spiro atoms. The highest BCUT2D eigenvalue weighted by Crippen LogP contribution is 2.55. The van der Waals surface area contributed by atoms with Gasteiger partial charge in [-0.3, -0.25) is 4.79 Å². The minimum absolute atomic E-state index is 0.184. The predicted molar refractivity (Wildman–Crippen MR) is 58.2 cm³/mol. The Bertz CT molecular complexity index is 512. The molecule has 8 heteroatoms. The van der Waals surface area contributed by atoms with Gasteiger partial charge < -0.3 is 5.11 Å². The smallest absolute Gasteiger partial charge is 0.453 e. The minimum atomic E-state index is -4.55. The summed E-state index contributed by atoms with van der Waals surface area (Å²) in [5.41, 5.74) is -0.345. The van der Waals surface area contributed by atoms with Crippen LogP contribution in [-0.2, 0) is 17.5 Å². The van der Waals surface area contributed by atoms with E-state index in [1.807, 2.05) is 6.92 Å². The third-order valence-electron chi connectivity index (χ3n) is 3.65. The summed E-state index contributed by atoms with van der Waals surface area (Å²) < 4.78 is 38.4. The summed E-state index contributed by atoms with van der Waals surface area (Å²) >= 11 is 0. The van der Waals surface area contributed by atoms with Gasteiger partial charge in [-0.1, -0.05) is 6.92 Å². The number of aryl methyl sites for hydroxylation is 2. The lowest BCUT2D eigenvalue weighted by atomic mass is 10.0. The van der Waals surface area contributed by atoms with Gasteiger partial charge in [-0.15, -0.1) is 5.10 Å². The minimum Gasteiger partial charge on any atom is -0.481 e. The maximum atomic E-state index is 12.4. The summed E-state index contributed by atoms with van der Waals surface area (Å²) in [7, 11) is 0. The topological polar surface area (TPSA) is 68.0 Å². The summed E-state index contributed by atoms with van der Waals surface area (Å²) in [6, 6.07) is 0. The molecule has 19 heavy (non-hydrogen) atoms. The molecule has 1 N–H and O–H groups in total. The number of nitrogens with zero attached hydrogens (tertiary/aromatic N) is 3. The van der Waals surface area contributed by atoms with Crippen LogP contribution in [0.4, 0.5) is 13.2 Å². The van der Waals surface area contributed by atoms with E-state index in [1.54, 1.807) is 0 Å². The lowest BCUT2D eigenvalue weighted by Gasteiger charge is -2.10. The van der Waals surface area contributed by atoms with Crippen molar-refractivity contribution in [3.05, 3.63) is 11.6 Å². The molecule has 1 saturated carbocycles. The van der Waals surface area contributed by atoms with Crippen molar-refractivity contribution in [3.63, 3.8) is 0 Å². The molecule has 0 aromatic carbocycles. The summed E-state index contributed by atoms with van der Waals surface area (Å²) in [4.78, 5) is 14.2. The second kappa shape index (κ2) is 4.21. The highest BCUT2D eigenvalue weighted by Gasteiger charge is 2.54. The molecule has 1 fully saturated rings. The fraction of sp³-hybridized carbons (Fsp3) is 0.727. The number of aliphatic carboxylic acids is 1. The lowest BCUT2D eigenvalue weighted by Crippen LogP contribution is -2.13. The maximum Gasteiger partial charge on any atom is 0.453 e. The van der Waals surface area contributed by atoms with Gasteiger partial charge in [-0.25, -0.2) is 9.67 Å². The van der Waals surface area contributed by atoms with E-state index in [0.717, 1.165) is 0 Å². The molecular formula is C11H14F3N3O2. The summed E-state index contributed by atoms with van der Waals surface area (Å²) in [5.74, 6) is -2.23. The van der Waals surface area contributed by atoms with E-state index in [2.05, 4.69) is 10.1 Å². The van der Waals surface area contributed by atoms with Crippen LogP contribution < -0.4 is 0 Å². The normalized spacial score (nSPS) is 26.5. The van der Waals surface area contributed by atoms with Crippen molar-refractivity contribution in [2.24, 2.45) is 11.3 Å². The van der Waals surface area contributed by atoms with Crippen LogP contribution in [0.25, 0.3) is 0 Å². The number of hydrogen-bond donors (Lipinski definition) is 1. The molecule has 106 valence electrons. The van der Waals surface area contributed by atoms with Gasteiger partial charge in [-0.05, 0) is 25.2 Å². The van der Waals surface area contributed by atoms with Crippen molar-refractivity contribution in [2.45, 2.75) is 39.4 Å². The first-order valence-electron chi connectivity index (χ1n) is 5.85. The number of aromatic nitrogens is 3. The Balaban J connectivity index is 2.02. The zero-order chi connectivity index (χ0) is 14.4. The van der Waals surface area contributed by atoms with Crippen molar-refractivity contribution >= 4 is 5.97 Å². The quantitative estimate of drug-likeness (QED) is 0.915. The van der Waals surface area contributed by atoms with Gasteiger partial charge in [0, 0.05) is 6.54 Å². The Kier molecular flexibility index (Phi) is 3.06. The first-order valence-corrected chi connectivity index (χ1v) is 5.85. The molecule has 0 radical (unpaired) electrons. The summed E-state index contributed by atoms with van der Waals surface area (Å²) in [6.07, 6.45) is -3.52. The van der Waals surface area contributed by atoms with Gasteiger partial charge in [0.25, 0.3) is 5.82 Å². The highest BCUT2D eigenvalue weighted by molar-refractivity contribution is 5.74. The summed E-state index contributed by atoms with van der Waals surface area (Å²) in [6.45, 7) is 3.52. The molecule has 1 aromatic rings. The Labute approximate surface area is 107 Å². The van der Waals surface area contributed by atoms with E-state index in [4.69, 9.17) is 5.11 Å². The van der Waals surface area contributed by atoms with Crippen molar-refractivity contribution in [1.82, 2.24) is 14.8 Å². The van der Waals surface area contributed by atoms with Crippen molar-refractivity contribution in [2.75, 3.05) is 0 Å². The van der Waals surface area contributed by atoms with Crippen molar-refractivity contribution < 1.29 is 23.1 Å². The van der Waals surface area contributed by atoms with Gasteiger partial charge in [0.05, 0.1) is 5.92 Å². The zero-order valence-corrected chi connectivity index (χ0v) is 10.5. The monoisotopic (exact) mass is 277 g/mol. The van der Waals surface area contributed by atoms with E-state index in [0.29, 0.717) is 12.8 Å². The molecule has 1 heterocycles. The van der Waals surface area contributed by atoms with Gasteiger partial charge in [0.2, 0.25) is 0 Å². The standard InChI is InChI=1S/C11H14F3N3O2/c1-6-15-9(11(12,13)14)16-17(6)4-3-10(2)5-7(10)8(18)19/h7H,3-5H2,1-2H3,(H,18,19)/t7-,10-/m0/s1. The van der Waals surface area contributed by atoms with Crippen LogP contribution in [0.2, 0.25) is 0 Å². The molecule has 1 aliphatic carbocycles. The van der Waals surface area contributed by atoms with Gasteiger partial charge >= 0.3 is 12.1 Å². The van der Waals surface area contributed by atoms with E-state index in [9.17, 15) is 18.0 Å². The third kappa shape index (κ3) is 2.71. The fourth-order valence-corrected chi connectivity index (χ4v) is 2.18. The van der Waals surface area contributed by atoms with Gasteiger partial charge in [0.1, 0.15) is 5.82 Å². The fourth-order valence-electron chi connectivity index (χ4n) is 2.18. The number of carbonyl (C=O) groups is 1. The van der Waals surface area contributed by atoms with Crippen LogP contribution in [0.3, 0.4) is 0 Å². The SMILES string of the molecule is Cc1nc(C(F)(F)F)nn1CC[C@@]1(C)C[C@H]1C(=O)O. The third-order valence-corrected chi connectivity index (χ3v) is 3.65. The molecule has 5 nitrogen and oxygen atoms in total. The Morgan fingerprint density at radius 2 is 2.21 bits per heavy atom. The second-order valence-electron chi connectivity index (χ2n) is 5.20. The largest absolute Gasteiger partial charge is 0.481 e. The van der Waals surface area contributed by atoms with Crippen LogP contribution in [0.15, 0.2) is 0 Å². The number of carboxylic acid groups (broad SMARTS) is 1. The molecule has 0 bridgehead atoms. The van der Waals surface area contributed by atoms with Gasteiger partial charge in [0.15, 0.2) is 0 Å². The lowest BCUT2D eigenvalue weighted by molar-refractivity contribution is -0.145. The second-order valence-corrected chi connectivity index (χ2v) is 5.20. The molecule has 0 aliphatic heterocycles. The zero-order valence-electron chi connectivity index (χ0n) is 10.5. The first-order chi connectivity index (χ1) is 8.63. The highest BCUT2D eigenvalue weighted by atomic mass is 19.4. The first kappa shape index (κ1) is 13.8. The average Bonchev–Trinajstić information content (AvgIpc) is 2.79. The summed E-state index contributed by atoms with van der Waals surface area (Å²) in [5, 5.41) is 12.3. The molecule has 2 rings (SSSR count). The Morgan fingerprint density at radius 3 is 2.63 bits per heavy atom. The average molecular weight is 277 g/mol. The molecule has 0 saturated heterocycles. The van der Waals surface area contributed by atoms with E-state index >= 15 is 0 Å². The van der Waals surface area contributed by atoms with Crippen LogP contribution in [0.1, 0.15) is 31.4 Å². The molecule has 1 aromatic heterocycles. The number of rotatable bonds is 4. The molecule has 0 amide bonds. The van der Waals surface area contributed by atoms with Crippen LogP contribution in [0, 0.1) is 18.3 Å². The number of carboxylic acids is 1. The number of alkyl halides is 3. The van der Waals surface area contributed by atoms with Crippen LogP contribution >= 0.6 is 0 Å². The van der Waals surface area contributed by atoms with E-state index in [1.165, 1.54) is 11.6 Å². The Morgan fingerprint density at radius 1 is 1.58 bits per heavy atom.